The molecule has 0 bridgehead atoms. The minimum Gasteiger partial charge on any atom is -0.388 e. The number of benzene rings is 1. The molecule has 1 aromatic carbocycles. The fourth-order valence-corrected chi connectivity index (χ4v) is 2.72. The molecule has 1 saturated heterocycles. The zero-order chi connectivity index (χ0) is 11.0. The number of anilines is 1. The van der Waals surface area contributed by atoms with Crippen LogP contribution in [0.3, 0.4) is 0 Å². The third kappa shape index (κ3) is 1.60. The monoisotopic (exact) mass is 219 g/mol. The molecule has 3 nitrogen and oxygen atoms in total. The van der Waals surface area contributed by atoms with Gasteiger partial charge in [-0.15, -0.1) is 0 Å². The summed E-state index contributed by atoms with van der Waals surface area (Å²) < 4.78 is 5.45. The van der Waals surface area contributed by atoms with Gasteiger partial charge in [-0.2, -0.15) is 0 Å². The molecule has 1 N–H and O–H groups in total. The van der Waals surface area contributed by atoms with Gasteiger partial charge < -0.3 is 14.7 Å². The number of para-hydroxylation sites is 1. The minimum absolute atomic E-state index is 0.297. The zero-order valence-corrected chi connectivity index (χ0v) is 9.30. The number of aliphatic hydroxyl groups is 1. The predicted octanol–water partition coefficient (Wildman–Crippen LogP) is 1.72. The molecule has 0 aliphatic carbocycles. The molecule has 3 rings (SSSR count). The van der Waals surface area contributed by atoms with E-state index in [2.05, 4.69) is 11.0 Å². The van der Waals surface area contributed by atoms with Gasteiger partial charge in [-0.05, 0) is 18.9 Å². The van der Waals surface area contributed by atoms with E-state index in [-0.39, 0.29) is 6.10 Å². The van der Waals surface area contributed by atoms with Crippen LogP contribution in [0.25, 0.3) is 0 Å². The number of fused-ring (bicyclic) bond motifs is 1. The summed E-state index contributed by atoms with van der Waals surface area (Å²) in [5.74, 6) is 0. The average molecular weight is 219 g/mol. The van der Waals surface area contributed by atoms with Crippen molar-refractivity contribution in [2.75, 3.05) is 24.7 Å². The lowest BCUT2D eigenvalue weighted by Crippen LogP contribution is -2.40. The first-order valence-electron chi connectivity index (χ1n) is 5.97. The second-order valence-corrected chi connectivity index (χ2v) is 4.57. The Labute approximate surface area is 95.6 Å². The van der Waals surface area contributed by atoms with Gasteiger partial charge in [0.25, 0.3) is 0 Å². The standard InChI is InChI=1S/C13H17NO2/c15-13-5-7-14(10-6-8-16-9-10)12-4-2-1-3-11(12)13/h1-4,10,13,15H,5-9H2. The molecule has 0 amide bonds. The Morgan fingerprint density at radius 2 is 2.12 bits per heavy atom. The number of ether oxygens (including phenoxy) is 1. The third-order valence-electron chi connectivity index (χ3n) is 3.60. The van der Waals surface area contributed by atoms with Gasteiger partial charge in [-0.3, -0.25) is 0 Å². The Bertz CT molecular complexity index is 374. The van der Waals surface area contributed by atoms with Crippen molar-refractivity contribution >= 4 is 5.69 Å². The van der Waals surface area contributed by atoms with Crippen LogP contribution >= 0.6 is 0 Å². The van der Waals surface area contributed by atoms with Crippen molar-refractivity contribution in [3.8, 4) is 0 Å². The summed E-state index contributed by atoms with van der Waals surface area (Å²) in [7, 11) is 0. The summed E-state index contributed by atoms with van der Waals surface area (Å²) in [6.07, 6.45) is 1.63. The normalized spacial score (nSPS) is 29.2. The van der Waals surface area contributed by atoms with Crippen LogP contribution in [0.15, 0.2) is 24.3 Å². The molecule has 2 heterocycles. The van der Waals surface area contributed by atoms with E-state index in [4.69, 9.17) is 4.74 Å². The van der Waals surface area contributed by atoms with E-state index in [1.807, 2.05) is 18.2 Å². The van der Waals surface area contributed by atoms with Gasteiger partial charge in [-0.25, -0.2) is 0 Å². The van der Waals surface area contributed by atoms with Gasteiger partial charge in [0.05, 0.1) is 18.8 Å². The van der Waals surface area contributed by atoms with E-state index >= 15 is 0 Å². The number of hydrogen-bond acceptors (Lipinski definition) is 3. The Morgan fingerprint density at radius 3 is 2.94 bits per heavy atom. The van der Waals surface area contributed by atoms with Crippen LogP contribution in [-0.4, -0.2) is 30.9 Å². The quantitative estimate of drug-likeness (QED) is 0.780. The van der Waals surface area contributed by atoms with E-state index in [0.29, 0.717) is 6.04 Å². The summed E-state index contributed by atoms with van der Waals surface area (Å²) in [6.45, 7) is 2.63. The SMILES string of the molecule is OC1CCN(C2CCOC2)c2ccccc21. The van der Waals surface area contributed by atoms with Gasteiger partial charge in [-0.1, -0.05) is 18.2 Å². The first-order chi connectivity index (χ1) is 7.86. The molecule has 2 aliphatic heterocycles. The second kappa shape index (κ2) is 4.07. The van der Waals surface area contributed by atoms with E-state index in [0.717, 1.165) is 38.2 Å². The number of hydrogen-bond donors (Lipinski definition) is 1. The van der Waals surface area contributed by atoms with Crippen molar-refractivity contribution in [1.29, 1.82) is 0 Å². The van der Waals surface area contributed by atoms with E-state index in [1.54, 1.807) is 0 Å². The highest BCUT2D eigenvalue weighted by Gasteiger charge is 2.30. The van der Waals surface area contributed by atoms with Crippen LogP contribution in [0, 0.1) is 0 Å². The Morgan fingerprint density at radius 1 is 1.25 bits per heavy atom. The Hall–Kier alpha value is -1.06. The summed E-state index contributed by atoms with van der Waals surface area (Å²) in [5.41, 5.74) is 2.26. The average Bonchev–Trinajstić information content (AvgIpc) is 2.83. The lowest BCUT2D eigenvalue weighted by molar-refractivity contribution is 0.160. The molecule has 0 aromatic heterocycles. The molecular formula is C13H17NO2. The van der Waals surface area contributed by atoms with Crippen molar-refractivity contribution < 1.29 is 9.84 Å². The first-order valence-corrected chi connectivity index (χ1v) is 5.97. The van der Waals surface area contributed by atoms with E-state index in [1.165, 1.54) is 5.69 Å². The van der Waals surface area contributed by atoms with Crippen LogP contribution in [0.4, 0.5) is 5.69 Å². The second-order valence-electron chi connectivity index (χ2n) is 4.57. The highest BCUT2D eigenvalue weighted by Crippen LogP contribution is 2.35. The van der Waals surface area contributed by atoms with Crippen LogP contribution < -0.4 is 4.90 Å². The Kier molecular flexibility index (Phi) is 2.58. The maximum atomic E-state index is 9.96. The van der Waals surface area contributed by atoms with Crippen molar-refractivity contribution in [2.45, 2.75) is 25.0 Å². The molecule has 2 unspecified atom stereocenters. The van der Waals surface area contributed by atoms with Gasteiger partial charge >= 0.3 is 0 Å². The maximum Gasteiger partial charge on any atom is 0.0826 e. The lowest BCUT2D eigenvalue weighted by atomic mass is 9.97. The van der Waals surface area contributed by atoms with Crippen molar-refractivity contribution in [3.05, 3.63) is 29.8 Å². The molecule has 3 heteroatoms. The van der Waals surface area contributed by atoms with Gasteiger partial charge in [0, 0.05) is 24.4 Å². The van der Waals surface area contributed by atoms with E-state index in [9.17, 15) is 5.11 Å². The van der Waals surface area contributed by atoms with Crippen LogP contribution in [0.1, 0.15) is 24.5 Å². The summed E-state index contributed by atoms with van der Waals surface area (Å²) in [5, 5.41) is 9.96. The highest BCUT2D eigenvalue weighted by atomic mass is 16.5. The van der Waals surface area contributed by atoms with Gasteiger partial charge in [0.15, 0.2) is 0 Å². The van der Waals surface area contributed by atoms with Crippen molar-refractivity contribution in [3.63, 3.8) is 0 Å². The molecular weight excluding hydrogens is 202 g/mol. The van der Waals surface area contributed by atoms with Crippen LogP contribution in [0.5, 0.6) is 0 Å². The topological polar surface area (TPSA) is 32.7 Å². The van der Waals surface area contributed by atoms with Crippen molar-refractivity contribution in [2.24, 2.45) is 0 Å². The zero-order valence-electron chi connectivity index (χ0n) is 9.30. The largest absolute Gasteiger partial charge is 0.388 e. The summed E-state index contributed by atoms with van der Waals surface area (Å²) in [4.78, 5) is 2.40. The maximum absolute atomic E-state index is 9.96. The highest BCUT2D eigenvalue weighted by molar-refractivity contribution is 5.57. The molecule has 16 heavy (non-hydrogen) atoms. The van der Waals surface area contributed by atoms with Crippen molar-refractivity contribution in [1.82, 2.24) is 0 Å². The number of rotatable bonds is 1. The number of aliphatic hydroxyl groups excluding tert-OH is 1. The molecule has 86 valence electrons. The van der Waals surface area contributed by atoms with E-state index < -0.39 is 0 Å². The predicted molar refractivity (Wildman–Crippen MR) is 62.6 cm³/mol. The molecule has 0 radical (unpaired) electrons. The molecule has 1 fully saturated rings. The van der Waals surface area contributed by atoms with Crippen LogP contribution in [-0.2, 0) is 4.74 Å². The lowest BCUT2D eigenvalue weighted by Gasteiger charge is -2.37. The Balaban J connectivity index is 1.94. The number of nitrogens with zero attached hydrogens (tertiary/aromatic N) is 1. The smallest absolute Gasteiger partial charge is 0.0826 e. The van der Waals surface area contributed by atoms with Gasteiger partial charge in [0.1, 0.15) is 0 Å². The third-order valence-corrected chi connectivity index (χ3v) is 3.60. The summed E-state index contributed by atoms with van der Waals surface area (Å²) in [6, 6.07) is 8.67. The molecule has 2 aliphatic rings. The molecule has 1 aromatic rings. The first kappa shape index (κ1) is 10.1. The minimum atomic E-state index is -0.297. The van der Waals surface area contributed by atoms with Crippen LogP contribution in [0.2, 0.25) is 0 Å². The fourth-order valence-electron chi connectivity index (χ4n) is 2.72. The molecule has 0 spiro atoms. The molecule has 0 saturated carbocycles. The van der Waals surface area contributed by atoms with Gasteiger partial charge in [0.2, 0.25) is 0 Å². The fraction of sp³-hybridized carbons (Fsp3) is 0.538. The summed E-state index contributed by atoms with van der Waals surface area (Å²) >= 11 is 0. The molecule has 2 atom stereocenters.